The number of rotatable bonds is 8. The van der Waals surface area contributed by atoms with Crippen LogP contribution in [0.15, 0.2) is 90.6 Å². The maximum Gasteiger partial charge on any atom is 0.262 e. The first-order valence-corrected chi connectivity index (χ1v) is 14.8. The molecule has 1 atom stereocenters. The summed E-state index contributed by atoms with van der Waals surface area (Å²) < 4.78 is 31.3. The smallest absolute Gasteiger partial charge is 0.262 e. The van der Waals surface area contributed by atoms with E-state index in [1.807, 2.05) is 72.8 Å². The summed E-state index contributed by atoms with van der Waals surface area (Å²) in [6.45, 7) is 0.349. The van der Waals surface area contributed by atoms with Crippen molar-refractivity contribution in [2.75, 3.05) is 11.5 Å². The topological polar surface area (TPSA) is 114 Å². The summed E-state index contributed by atoms with van der Waals surface area (Å²) in [6, 6.07) is 25.7. The number of carbonyl (C=O) groups excluding carboxylic acids is 1. The molecule has 0 radical (unpaired) electrons. The van der Waals surface area contributed by atoms with E-state index in [9.17, 15) is 18.5 Å². The molecule has 1 aliphatic rings. The van der Waals surface area contributed by atoms with Gasteiger partial charge in [0.15, 0.2) is 9.84 Å². The number of nitrogens with one attached hydrogen (secondary N) is 1. The van der Waals surface area contributed by atoms with Gasteiger partial charge in [0.05, 0.1) is 17.2 Å². The third-order valence-electron chi connectivity index (χ3n) is 6.42. The molecule has 202 valence electrons. The molecule has 1 aromatic heterocycles. The molecule has 3 aromatic carbocycles. The van der Waals surface area contributed by atoms with Gasteiger partial charge in [-0.05, 0) is 54.5 Å². The number of hydrogen-bond donors (Lipinski definition) is 1. The number of ether oxygens (including phenoxy) is 1. The predicted molar refractivity (Wildman–Crippen MR) is 154 cm³/mol. The molecule has 0 spiro atoms. The van der Waals surface area contributed by atoms with Crippen LogP contribution in [0.3, 0.4) is 0 Å². The Morgan fingerprint density at radius 2 is 1.90 bits per heavy atom. The fourth-order valence-corrected chi connectivity index (χ4v) is 6.19. The predicted octanol–water partition coefficient (Wildman–Crippen LogP) is 4.98. The van der Waals surface area contributed by atoms with Crippen LogP contribution in [0.25, 0.3) is 23.0 Å². The van der Waals surface area contributed by atoms with E-state index in [1.165, 1.54) is 6.08 Å². The maximum atomic E-state index is 12.9. The highest BCUT2D eigenvalue weighted by Crippen LogP contribution is 2.29. The Kier molecular flexibility index (Phi) is 8.01. The summed E-state index contributed by atoms with van der Waals surface area (Å²) in [5, 5.41) is 17.9. The molecule has 0 saturated carbocycles. The highest BCUT2D eigenvalue weighted by atomic mass is 35.5. The van der Waals surface area contributed by atoms with Crippen LogP contribution in [0.4, 0.5) is 0 Å². The van der Waals surface area contributed by atoms with Crippen LogP contribution in [0.2, 0.25) is 5.02 Å². The lowest BCUT2D eigenvalue weighted by Crippen LogP contribution is -2.36. The molecule has 10 heteroatoms. The van der Waals surface area contributed by atoms with Crippen molar-refractivity contribution in [3.8, 4) is 28.8 Å². The molecule has 8 nitrogen and oxygen atoms in total. The molecule has 0 bridgehead atoms. The number of benzene rings is 3. The molecule has 1 saturated heterocycles. The fraction of sp³-hybridized carbons (Fsp3) is 0.167. The largest absolute Gasteiger partial charge is 0.489 e. The van der Waals surface area contributed by atoms with Crippen LogP contribution in [-0.2, 0) is 21.2 Å². The molecule has 0 aliphatic carbocycles. The highest BCUT2D eigenvalue weighted by molar-refractivity contribution is 7.91. The lowest BCUT2D eigenvalue weighted by molar-refractivity contribution is -0.117. The SMILES string of the molecule is N#CC(=Cc1cn(-c2ccccc2)nc1-c1cccc(OCc2ccc(Cl)cc2)c1)C(=O)NC1CCS(=O)(=O)C1. The van der Waals surface area contributed by atoms with Gasteiger partial charge in [-0.3, -0.25) is 4.79 Å². The van der Waals surface area contributed by atoms with Gasteiger partial charge < -0.3 is 10.1 Å². The van der Waals surface area contributed by atoms with Gasteiger partial charge >= 0.3 is 0 Å². The molecule has 2 heterocycles. The summed E-state index contributed by atoms with van der Waals surface area (Å²) in [5.41, 5.74) is 3.45. The van der Waals surface area contributed by atoms with E-state index < -0.39 is 21.8 Å². The Hall–Kier alpha value is -4.39. The zero-order valence-electron chi connectivity index (χ0n) is 21.3. The number of nitrogens with zero attached hydrogens (tertiary/aromatic N) is 3. The van der Waals surface area contributed by atoms with E-state index in [1.54, 1.807) is 23.0 Å². The van der Waals surface area contributed by atoms with Gasteiger partial charge in [0, 0.05) is 28.4 Å². The highest BCUT2D eigenvalue weighted by Gasteiger charge is 2.29. The Labute approximate surface area is 237 Å². The number of sulfone groups is 1. The van der Waals surface area contributed by atoms with Crippen LogP contribution in [0, 0.1) is 11.3 Å². The number of halogens is 1. The van der Waals surface area contributed by atoms with E-state index in [2.05, 4.69) is 5.32 Å². The molecule has 1 unspecified atom stereocenters. The molecule has 1 N–H and O–H groups in total. The number of aromatic nitrogens is 2. The molecule has 1 aliphatic heterocycles. The van der Waals surface area contributed by atoms with Crippen molar-refractivity contribution in [3.63, 3.8) is 0 Å². The van der Waals surface area contributed by atoms with Gasteiger partial charge in [0.25, 0.3) is 5.91 Å². The van der Waals surface area contributed by atoms with Crippen molar-refractivity contribution in [2.45, 2.75) is 19.1 Å². The molecule has 1 fully saturated rings. The molecular formula is C30H25ClN4O4S. The minimum Gasteiger partial charge on any atom is -0.489 e. The lowest BCUT2D eigenvalue weighted by Gasteiger charge is -2.10. The number of para-hydroxylation sites is 1. The van der Waals surface area contributed by atoms with Crippen molar-refractivity contribution in [2.24, 2.45) is 0 Å². The maximum absolute atomic E-state index is 12.9. The first-order valence-electron chi connectivity index (χ1n) is 12.6. The first-order chi connectivity index (χ1) is 19.3. The van der Waals surface area contributed by atoms with Crippen molar-refractivity contribution < 1.29 is 17.9 Å². The van der Waals surface area contributed by atoms with E-state index in [0.29, 0.717) is 35.1 Å². The Morgan fingerprint density at radius 3 is 2.60 bits per heavy atom. The summed E-state index contributed by atoms with van der Waals surface area (Å²) in [6.07, 6.45) is 3.55. The zero-order valence-corrected chi connectivity index (χ0v) is 22.9. The fourth-order valence-electron chi connectivity index (χ4n) is 4.39. The summed E-state index contributed by atoms with van der Waals surface area (Å²) in [4.78, 5) is 12.9. The average molecular weight is 573 g/mol. The Bertz CT molecular complexity index is 1710. The first kappa shape index (κ1) is 27.2. The Morgan fingerprint density at radius 1 is 1.12 bits per heavy atom. The van der Waals surface area contributed by atoms with Gasteiger partial charge in [-0.2, -0.15) is 10.4 Å². The number of carbonyl (C=O) groups is 1. The number of amides is 1. The standard InChI is InChI=1S/C30H25ClN4O4S/c31-25-11-9-21(10-12-25)19-39-28-8-4-5-22(16-28)29-24(18-35(34-29)27-6-2-1-3-7-27)15-23(17-32)30(36)33-26-13-14-40(37,38)20-26/h1-12,15-16,18,26H,13-14,19-20H2,(H,33,36). The van der Waals surface area contributed by atoms with Crippen LogP contribution >= 0.6 is 11.6 Å². The minimum absolute atomic E-state index is 0.0218. The van der Waals surface area contributed by atoms with Crippen LogP contribution < -0.4 is 10.1 Å². The van der Waals surface area contributed by atoms with Gasteiger partial charge in [-0.15, -0.1) is 0 Å². The number of hydrogen-bond acceptors (Lipinski definition) is 6. The second kappa shape index (κ2) is 11.8. The molecule has 5 rings (SSSR count). The van der Waals surface area contributed by atoms with Crippen LogP contribution in [-0.4, -0.2) is 41.7 Å². The van der Waals surface area contributed by atoms with Gasteiger partial charge in [-0.1, -0.05) is 54.1 Å². The van der Waals surface area contributed by atoms with Crippen LogP contribution in [0.5, 0.6) is 5.75 Å². The Balaban J connectivity index is 1.46. The summed E-state index contributed by atoms with van der Waals surface area (Å²) in [5.74, 6) is -0.105. The lowest BCUT2D eigenvalue weighted by atomic mass is 10.1. The van der Waals surface area contributed by atoms with Crippen molar-refractivity contribution in [3.05, 3.63) is 107 Å². The quantitative estimate of drug-likeness (QED) is 0.235. The zero-order chi connectivity index (χ0) is 28.1. The average Bonchev–Trinajstić information content (AvgIpc) is 3.54. The van der Waals surface area contributed by atoms with E-state index in [4.69, 9.17) is 21.4 Å². The van der Waals surface area contributed by atoms with E-state index in [-0.39, 0.29) is 17.1 Å². The summed E-state index contributed by atoms with van der Waals surface area (Å²) >= 11 is 5.97. The third-order valence-corrected chi connectivity index (χ3v) is 8.44. The van der Waals surface area contributed by atoms with Crippen molar-refractivity contribution in [1.29, 1.82) is 5.26 Å². The van der Waals surface area contributed by atoms with Gasteiger partial charge in [0.1, 0.15) is 29.7 Å². The monoisotopic (exact) mass is 572 g/mol. The van der Waals surface area contributed by atoms with Crippen LogP contribution in [0.1, 0.15) is 17.5 Å². The molecule has 40 heavy (non-hydrogen) atoms. The summed E-state index contributed by atoms with van der Waals surface area (Å²) in [7, 11) is -3.18. The molecule has 4 aromatic rings. The number of nitriles is 1. The van der Waals surface area contributed by atoms with E-state index >= 15 is 0 Å². The van der Waals surface area contributed by atoms with Crippen molar-refractivity contribution >= 4 is 33.4 Å². The minimum atomic E-state index is -3.18. The second-order valence-corrected chi connectivity index (χ2v) is 12.1. The van der Waals surface area contributed by atoms with Crippen molar-refractivity contribution in [1.82, 2.24) is 15.1 Å². The normalized spacial score (nSPS) is 16.3. The van der Waals surface area contributed by atoms with Gasteiger partial charge in [0.2, 0.25) is 0 Å². The third kappa shape index (κ3) is 6.60. The second-order valence-electron chi connectivity index (χ2n) is 9.40. The van der Waals surface area contributed by atoms with E-state index in [0.717, 1.165) is 16.8 Å². The molecule has 1 amide bonds. The molecular weight excluding hydrogens is 548 g/mol. The van der Waals surface area contributed by atoms with Gasteiger partial charge in [-0.25, -0.2) is 13.1 Å².